The Bertz CT molecular complexity index is 828. The van der Waals surface area contributed by atoms with E-state index in [1.165, 1.54) is 0 Å². The fraction of sp³-hybridized carbons (Fsp3) is 0.450. The van der Waals surface area contributed by atoms with Crippen LogP contribution in [0.25, 0.3) is 0 Å². The first-order valence-corrected chi connectivity index (χ1v) is 9.47. The smallest absolute Gasteiger partial charge is 0.227 e. The number of carbonyl (C=O) groups excluding carboxylic acids is 1. The summed E-state index contributed by atoms with van der Waals surface area (Å²) in [5, 5.41) is 3.62. The molecule has 27 heavy (non-hydrogen) atoms. The number of methoxy groups -OCH3 is 1. The van der Waals surface area contributed by atoms with E-state index < -0.39 is 0 Å². The molecule has 1 amide bonds. The highest BCUT2D eigenvalue weighted by Crippen LogP contribution is 2.32. The Kier molecular flexibility index (Phi) is 5.85. The van der Waals surface area contributed by atoms with E-state index in [1.54, 1.807) is 13.2 Å². The first kappa shape index (κ1) is 19.4. The van der Waals surface area contributed by atoms with Crippen LogP contribution in [0.3, 0.4) is 0 Å². The maximum absolute atomic E-state index is 12.7. The number of carbonyl (C=O) groups is 1. The molecule has 1 aromatic carbocycles. The first-order valence-electron chi connectivity index (χ1n) is 9.09. The van der Waals surface area contributed by atoms with Gasteiger partial charge in [-0.15, -0.1) is 0 Å². The zero-order valence-electron chi connectivity index (χ0n) is 16.2. The summed E-state index contributed by atoms with van der Waals surface area (Å²) < 4.78 is 5.34. The Morgan fingerprint density at radius 1 is 1.15 bits per heavy atom. The highest BCUT2D eigenvalue weighted by Gasteiger charge is 2.27. The minimum atomic E-state index is -0.0483. The molecule has 6 nitrogen and oxygen atoms in total. The lowest BCUT2D eigenvalue weighted by Gasteiger charge is -2.31. The van der Waals surface area contributed by atoms with Crippen molar-refractivity contribution < 1.29 is 9.53 Å². The van der Waals surface area contributed by atoms with Gasteiger partial charge in [0.1, 0.15) is 5.75 Å². The average Bonchev–Trinajstić information content (AvgIpc) is 2.63. The first-order chi connectivity index (χ1) is 12.9. The predicted octanol–water partition coefficient (Wildman–Crippen LogP) is 3.92. The largest absolute Gasteiger partial charge is 0.495 e. The third-order valence-corrected chi connectivity index (χ3v) is 5.26. The fourth-order valence-electron chi connectivity index (χ4n) is 3.36. The molecule has 0 aliphatic carbocycles. The van der Waals surface area contributed by atoms with E-state index in [0.29, 0.717) is 16.5 Å². The van der Waals surface area contributed by atoms with Crippen molar-refractivity contribution in [3.05, 3.63) is 40.2 Å². The standard InChI is InChI=1S/C20H25ClN4O2/c1-12-9-17(18(27-4)11-16(12)21)24-19(26)15-5-7-25(8-6-15)20-22-13(2)10-14(3)23-20/h9-11,15H,5-8H2,1-4H3,(H,24,26). The van der Waals surface area contributed by atoms with Crippen LogP contribution in [-0.4, -0.2) is 36.1 Å². The Balaban J connectivity index is 1.64. The molecule has 1 aliphatic rings. The van der Waals surface area contributed by atoms with Gasteiger partial charge in [0.25, 0.3) is 0 Å². The van der Waals surface area contributed by atoms with Crippen molar-refractivity contribution in [1.29, 1.82) is 0 Å². The van der Waals surface area contributed by atoms with Gasteiger partial charge in [0.05, 0.1) is 12.8 Å². The summed E-state index contributed by atoms with van der Waals surface area (Å²) in [6.45, 7) is 7.37. The molecule has 0 saturated carbocycles. The summed E-state index contributed by atoms with van der Waals surface area (Å²) in [6.07, 6.45) is 1.52. The molecule has 1 aromatic heterocycles. The van der Waals surface area contributed by atoms with Gasteiger partial charge in [-0.2, -0.15) is 0 Å². The summed E-state index contributed by atoms with van der Waals surface area (Å²) in [7, 11) is 1.57. The second-order valence-electron chi connectivity index (χ2n) is 7.00. The number of rotatable bonds is 4. The second kappa shape index (κ2) is 8.13. The zero-order chi connectivity index (χ0) is 19.6. The maximum Gasteiger partial charge on any atom is 0.227 e. The molecule has 7 heteroatoms. The highest BCUT2D eigenvalue weighted by molar-refractivity contribution is 6.31. The van der Waals surface area contributed by atoms with E-state index in [1.807, 2.05) is 32.9 Å². The van der Waals surface area contributed by atoms with E-state index in [0.717, 1.165) is 48.8 Å². The van der Waals surface area contributed by atoms with E-state index in [4.69, 9.17) is 16.3 Å². The lowest BCUT2D eigenvalue weighted by atomic mass is 9.96. The molecule has 2 heterocycles. The number of nitrogens with zero attached hydrogens (tertiary/aromatic N) is 3. The normalized spacial score (nSPS) is 14.9. The van der Waals surface area contributed by atoms with Gasteiger partial charge < -0.3 is 15.0 Å². The van der Waals surface area contributed by atoms with E-state index in [-0.39, 0.29) is 11.8 Å². The number of hydrogen-bond acceptors (Lipinski definition) is 5. The van der Waals surface area contributed by atoms with Crippen molar-refractivity contribution >= 4 is 29.1 Å². The maximum atomic E-state index is 12.7. The van der Waals surface area contributed by atoms with Crippen molar-refractivity contribution in [2.24, 2.45) is 5.92 Å². The third kappa shape index (κ3) is 4.50. The van der Waals surface area contributed by atoms with Crippen molar-refractivity contribution in [2.45, 2.75) is 33.6 Å². The third-order valence-electron chi connectivity index (χ3n) is 4.86. The molecule has 0 bridgehead atoms. The van der Waals surface area contributed by atoms with Gasteiger partial charge in [-0.05, 0) is 51.3 Å². The van der Waals surface area contributed by atoms with E-state index in [2.05, 4.69) is 20.2 Å². The van der Waals surface area contributed by atoms with Gasteiger partial charge in [0, 0.05) is 41.5 Å². The van der Waals surface area contributed by atoms with Crippen molar-refractivity contribution in [3.63, 3.8) is 0 Å². The molecule has 0 spiro atoms. The zero-order valence-corrected chi connectivity index (χ0v) is 16.9. The number of benzene rings is 1. The topological polar surface area (TPSA) is 67.3 Å². The number of nitrogens with one attached hydrogen (secondary N) is 1. The molecule has 3 rings (SSSR count). The Morgan fingerprint density at radius 2 is 1.78 bits per heavy atom. The molecule has 1 fully saturated rings. The van der Waals surface area contributed by atoms with Crippen molar-refractivity contribution in [1.82, 2.24) is 9.97 Å². The molecule has 0 unspecified atom stereocenters. The predicted molar refractivity (Wildman–Crippen MR) is 108 cm³/mol. The van der Waals surface area contributed by atoms with Crippen molar-refractivity contribution in [3.8, 4) is 5.75 Å². The van der Waals surface area contributed by atoms with Crippen LogP contribution in [0.2, 0.25) is 5.02 Å². The molecular formula is C20H25ClN4O2. The molecule has 1 aliphatic heterocycles. The Morgan fingerprint density at radius 3 is 2.37 bits per heavy atom. The number of halogens is 1. The van der Waals surface area contributed by atoms with Crippen LogP contribution in [0.5, 0.6) is 5.75 Å². The van der Waals surface area contributed by atoms with Crippen LogP contribution >= 0.6 is 11.6 Å². The summed E-state index contributed by atoms with van der Waals surface area (Å²) in [4.78, 5) is 23.9. The van der Waals surface area contributed by atoms with Crippen LogP contribution in [0.4, 0.5) is 11.6 Å². The van der Waals surface area contributed by atoms with Crippen LogP contribution < -0.4 is 15.0 Å². The molecule has 2 aromatic rings. The van der Waals surface area contributed by atoms with E-state index >= 15 is 0 Å². The highest BCUT2D eigenvalue weighted by atomic mass is 35.5. The van der Waals surface area contributed by atoms with Crippen LogP contribution in [0, 0.1) is 26.7 Å². The quantitative estimate of drug-likeness (QED) is 0.859. The number of aromatic nitrogens is 2. The van der Waals surface area contributed by atoms with Crippen molar-refractivity contribution in [2.75, 3.05) is 30.4 Å². The van der Waals surface area contributed by atoms with Gasteiger partial charge in [0.2, 0.25) is 11.9 Å². The van der Waals surface area contributed by atoms with Gasteiger partial charge >= 0.3 is 0 Å². The van der Waals surface area contributed by atoms with Gasteiger partial charge in [-0.3, -0.25) is 4.79 Å². The summed E-state index contributed by atoms with van der Waals surface area (Å²) in [5.41, 5.74) is 3.48. The number of amides is 1. The SMILES string of the molecule is COc1cc(Cl)c(C)cc1NC(=O)C1CCN(c2nc(C)cc(C)n2)CC1. The monoisotopic (exact) mass is 388 g/mol. The summed E-state index contributed by atoms with van der Waals surface area (Å²) >= 11 is 6.14. The summed E-state index contributed by atoms with van der Waals surface area (Å²) in [6, 6.07) is 5.54. The van der Waals surface area contributed by atoms with Gasteiger partial charge in [0.15, 0.2) is 0 Å². The average molecular weight is 389 g/mol. The lowest BCUT2D eigenvalue weighted by Crippen LogP contribution is -2.39. The molecular weight excluding hydrogens is 364 g/mol. The van der Waals surface area contributed by atoms with E-state index in [9.17, 15) is 4.79 Å². The lowest BCUT2D eigenvalue weighted by molar-refractivity contribution is -0.120. The van der Waals surface area contributed by atoms with Crippen LogP contribution in [0.15, 0.2) is 18.2 Å². The Labute approximate surface area is 164 Å². The molecule has 0 atom stereocenters. The Hall–Kier alpha value is -2.34. The number of ether oxygens (including phenoxy) is 1. The number of hydrogen-bond donors (Lipinski definition) is 1. The second-order valence-corrected chi connectivity index (χ2v) is 7.41. The minimum Gasteiger partial charge on any atom is -0.495 e. The van der Waals surface area contributed by atoms with Gasteiger partial charge in [-0.25, -0.2) is 9.97 Å². The number of piperidine rings is 1. The van der Waals surface area contributed by atoms with Crippen LogP contribution in [0.1, 0.15) is 29.8 Å². The molecule has 1 N–H and O–H groups in total. The summed E-state index contributed by atoms with van der Waals surface area (Å²) in [5.74, 6) is 1.28. The molecule has 0 radical (unpaired) electrons. The van der Waals surface area contributed by atoms with Gasteiger partial charge in [-0.1, -0.05) is 11.6 Å². The van der Waals surface area contributed by atoms with Crippen LogP contribution in [-0.2, 0) is 4.79 Å². The number of aryl methyl sites for hydroxylation is 3. The minimum absolute atomic E-state index is 0.0102. The fourth-order valence-corrected chi connectivity index (χ4v) is 3.51. The molecule has 1 saturated heterocycles. The number of anilines is 2. The molecule has 144 valence electrons.